The Kier molecular flexibility index (Phi) is 6.17. The quantitative estimate of drug-likeness (QED) is 0.158. The van der Waals surface area contributed by atoms with E-state index in [2.05, 4.69) is 181 Å². The van der Waals surface area contributed by atoms with Crippen LogP contribution in [0.4, 0.5) is 0 Å². The lowest BCUT2D eigenvalue weighted by atomic mass is 9.85. The van der Waals surface area contributed by atoms with Gasteiger partial charge >= 0.3 is 0 Å². The van der Waals surface area contributed by atoms with Crippen LogP contribution in [0.1, 0.15) is 35.4 Å². The molecule has 1 heterocycles. The molecule has 0 saturated heterocycles. The number of hydrogen-bond donors (Lipinski definition) is 0. The zero-order chi connectivity index (χ0) is 39.5. The molecule has 282 valence electrons. The summed E-state index contributed by atoms with van der Waals surface area (Å²) in [7, 11) is 0. The second kappa shape index (κ2) is 11.6. The van der Waals surface area contributed by atoms with Crippen LogP contribution >= 0.6 is 0 Å². The maximum atomic E-state index is 2.58. The highest BCUT2D eigenvalue weighted by Gasteiger charge is 2.28. The van der Waals surface area contributed by atoms with Crippen molar-refractivity contribution < 1.29 is 0 Å². The number of hydrogen-bond acceptors (Lipinski definition) is 0. The van der Waals surface area contributed by atoms with Crippen LogP contribution in [0.3, 0.4) is 0 Å². The first-order valence-corrected chi connectivity index (χ1v) is 22.0. The fourth-order valence-corrected chi connectivity index (χ4v) is 12.3. The van der Waals surface area contributed by atoms with E-state index in [9.17, 15) is 0 Å². The third-order valence-corrected chi connectivity index (χ3v) is 14.7. The Balaban J connectivity index is 1.15. The van der Waals surface area contributed by atoms with Gasteiger partial charge in [0.15, 0.2) is 0 Å². The smallest absolute Gasteiger partial charge is 0.0540 e. The highest BCUT2D eigenvalue weighted by atomic mass is 15.0. The van der Waals surface area contributed by atoms with Gasteiger partial charge in [-0.3, -0.25) is 0 Å². The molecule has 15 rings (SSSR count). The van der Waals surface area contributed by atoms with E-state index in [0.29, 0.717) is 0 Å². The van der Waals surface area contributed by atoms with Crippen molar-refractivity contribution in [2.45, 2.75) is 25.7 Å². The van der Waals surface area contributed by atoms with Gasteiger partial charge in [0.2, 0.25) is 0 Å². The van der Waals surface area contributed by atoms with E-state index < -0.39 is 0 Å². The molecule has 0 fully saturated rings. The van der Waals surface area contributed by atoms with E-state index in [1.54, 1.807) is 11.1 Å². The van der Waals surface area contributed by atoms with Crippen molar-refractivity contribution in [3.63, 3.8) is 0 Å². The fraction of sp³-hybridized carbons (Fsp3) is 0.0667. The maximum Gasteiger partial charge on any atom is 0.0540 e. The number of nitrogens with zero attached hydrogens (tertiary/aromatic N) is 1. The van der Waals surface area contributed by atoms with Crippen molar-refractivity contribution in [1.29, 1.82) is 0 Å². The lowest BCUT2D eigenvalue weighted by Crippen LogP contribution is -2.03. The van der Waals surface area contributed by atoms with Crippen LogP contribution in [0.15, 0.2) is 164 Å². The Hall–Kier alpha value is -7.48. The fourth-order valence-electron chi connectivity index (χ4n) is 12.3. The third-order valence-electron chi connectivity index (χ3n) is 14.7. The number of rotatable bonds is 3. The molecule has 0 bridgehead atoms. The first-order chi connectivity index (χ1) is 30.3. The largest absolute Gasteiger partial charge is 0.309 e. The maximum absolute atomic E-state index is 2.58. The summed E-state index contributed by atoms with van der Waals surface area (Å²) in [4.78, 5) is 0. The summed E-state index contributed by atoms with van der Waals surface area (Å²) in [6.07, 6.45) is 14.0. The van der Waals surface area contributed by atoms with Crippen molar-refractivity contribution in [2.24, 2.45) is 0 Å². The molecule has 0 N–H and O–H groups in total. The molecule has 1 aromatic heterocycles. The molecule has 1 nitrogen and oxygen atoms in total. The minimum absolute atomic E-state index is 1.12. The van der Waals surface area contributed by atoms with E-state index in [-0.39, 0.29) is 0 Å². The molecule has 0 aliphatic heterocycles. The summed E-state index contributed by atoms with van der Waals surface area (Å²) in [6, 6.07) is 58.1. The van der Waals surface area contributed by atoms with Gasteiger partial charge < -0.3 is 4.57 Å². The molecule has 2 aliphatic rings. The molecular weight excluding hydrogens is 735 g/mol. The van der Waals surface area contributed by atoms with Gasteiger partial charge in [-0.25, -0.2) is 0 Å². The zero-order valence-electron chi connectivity index (χ0n) is 33.5. The SMILES string of the molecule is C1=Cc2c(c3c(n2-c2ccc4c5cc6c(-c7ccccc7)c7c8cc9cccc%10ccc%11ccc(c7c(-c7ccccc7)c6cc5c5cccc2c54)c8c%11c%109)C=CCC3)CC1. The lowest BCUT2D eigenvalue weighted by molar-refractivity contribution is 0.922. The van der Waals surface area contributed by atoms with Crippen molar-refractivity contribution in [2.75, 3.05) is 0 Å². The molecule has 0 saturated carbocycles. The molecule has 0 amide bonds. The van der Waals surface area contributed by atoms with E-state index in [0.717, 1.165) is 25.7 Å². The van der Waals surface area contributed by atoms with E-state index in [1.165, 1.54) is 136 Å². The summed E-state index contributed by atoms with van der Waals surface area (Å²) in [5.41, 5.74) is 12.3. The molecule has 1 heteroatoms. The van der Waals surface area contributed by atoms with Gasteiger partial charge in [-0.15, -0.1) is 0 Å². The Bertz CT molecular complexity index is 4030. The monoisotopic (exact) mass is 771 g/mol. The molecule has 0 atom stereocenters. The Labute approximate surface area is 352 Å². The zero-order valence-corrected chi connectivity index (χ0v) is 33.5. The van der Waals surface area contributed by atoms with Crippen LogP contribution in [0.25, 0.3) is 137 Å². The summed E-state index contributed by atoms with van der Waals surface area (Å²) >= 11 is 0. The molecule has 12 aromatic carbocycles. The van der Waals surface area contributed by atoms with Crippen molar-refractivity contribution in [1.82, 2.24) is 4.57 Å². The molecule has 13 aromatic rings. The molecule has 61 heavy (non-hydrogen) atoms. The van der Waals surface area contributed by atoms with E-state index in [4.69, 9.17) is 0 Å². The number of allylic oxidation sites excluding steroid dienone is 2. The second-order valence-corrected chi connectivity index (χ2v) is 17.6. The molecule has 0 unspecified atom stereocenters. The van der Waals surface area contributed by atoms with Crippen LogP contribution in [0.5, 0.6) is 0 Å². The number of aromatic nitrogens is 1. The molecular formula is C60H37N. The van der Waals surface area contributed by atoms with Crippen LogP contribution < -0.4 is 0 Å². The van der Waals surface area contributed by atoms with E-state index in [1.807, 2.05) is 0 Å². The number of benzene rings is 10. The van der Waals surface area contributed by atoms with Crippen LogP contribution in [0.2, 0.25) is 0 Å². The van der Waals surface area contributed by atoms with E-state index >= 15 is 0 Å². The van der Waals surface area contributed by atoms with Gasteiger partial charge in [-0.1, -0.05) is 140 Å². The van der Waals surface area contributed by atoms with Gasteiger partial charge in [0.05, 0.1) is 5.69 Å². The summed E-state index contributed by atoms with van der Waals surface area (Å²) in [6.45, 7) is 0. The van der Waals surface area contributed by atoms with Crippen molar-refractivity contribution in [3.05, 3.63) is 186 Å². The normalized spacial score (nSPS) is 14.2. The van der Waals surface area contributed by atoms with Gasteiger partial charge in [-0.2, -0.15) is 0 Å². The Morgan fingerprint density at radius 3 is 1.57 bits per heavy atom. The average Bonchev–Trinajstić information content (AvgIpc) is 3.95. The average molecular weight is 772 g/mol. The highest BCUT2D eigenvalue weighted by Crippen LogP contribution is 2.55. The molecule has 0 radical (unpaired) electrons. The highest BCUT2D eigenvalue weighted by molar-refractivity contribution is 6.46. The Morgan fingerprint density at radius 1 is 0.328 bits per heavy atom. The van der Waals surface area contributed by atoms with Crippen LogP contribution in [-0.2, 0) is 12.8 Å². The summed E-state index contributed by atoms with van der Waals surface area (Å²) < 4.78 is 2.58. The van der Waals surface area contributed by atoms with Crippen LogP contribution in [0, 0.1) is 0 Å². The van der Waals surface area contributed by atoms with Crippen LogP contribution in [-0.4, -0.2) is 4.57 Å². The van der Waals surface area contributed by atoms with Gasteiger partial charge in [-0.05, 0) is 187 Å². The third kappa shape index (κ3) is 4.07. The topological polar surface area (TPSA) is 4.93 Å². The summed E-state index contributed by atoms with van der Waals surface area (Å²) in [5.74, 6) is 0. The Morgan fingerprint density at radius 2 is 0.885 bits per heavy atom. The summed E-state index contributed by atoms with van der Waals surface area (Å²) in [5, 5.41) is 24.0. The lowest BCUT2D eigenvalue weighted by Gasteiger charge is -2.17. The second-order valence-electron chi connectivity index (χ2n) is 17.6. The van der Waals surface area contributed by atoms with Gasteiger partial charge in [0.1, 0.15) is 0 Å². The molecule has 2 aliphatic carbocycles. The van der Waals surface area contributed by atoms with Gasteiger partial charge in [0.25, 0.3) is 0 Å². The van der Waals surface area contributed by atoms with Gasteiger partial charge in [0, 0.05) is 16.8 Å². The number of fused-ring (bicyclic) bond motifs is 10. The van der Waals surface area contributed by atoms with Crippen molar-refractivity contribution >= 4 is 109 Å². The minimum atomic E-state index is 1.12. The first-order valence-electron chi connectivity index (χ1n) is 22.0. The van der Waals surface area contributed by atoms with Crippen molar-refractivity contribution in [3.8, 4) is 27.9 Å². The standard InChI is InChI=1S/C60H37N/c1-3-13-34(14-4-1)54-47-32-45-41-21-12-22-43-52(61-50-23-9-7-19-39(50)40-20-8-10-24-51(40)61)30-29-42(57(41)43)46(45)33-48(47)55(35-15-5-2-6-16-35)60-49-31-38-18-11-17-36-25-26-37-27-28-44(59(54)60)58(49)56(37)53(36)38/h1-6,9-18,21-33H,7-8,19-20H2. The molecule has 0 spiro atoms. The first kappa shape index (κ1) is 32.4. The predicted octanol–water partition coefficient (Wildman–Crippen LogP) is 16.4. The minimum Gasteiger partial charge on any atom is -0.309 e. The predicted molar refractivity (Wildman–Crippen MR) is 262 cm³/mol.